The molecule has 1 saturated carbocycles. The van der Waals surface area contributed by atoms with Crippen LogP contribution >= 0.6 is 11.8 Å². The first kappa shape index (κ1) is 14.6. The highest BCUT2D eigenvalue weighted by atomic mass is 32.2. The largest absolute Gasteiger partial charge is 0.310 e. The number of benzene rings is 2. The van der Waals surface area contributed by atoms with Crippen LogP contribution in [-0.2, 0) is 12.3 Å². The molecule has 110 valence electrons. The zero-order valence-electron chi connectivity index (χ0n) is 12.2. The van der Waals surface area contributed by atoms with Gasteiger partial charge in [0.05, 0.1) is 0 Å². The molecule has 1 N–H and O–H groups in total. The number of hydrogen-bond donors (Lipinski definition) is 1. The molecule has 3 rings (SSSR count). The molecule has 0 bridgehead atoms. The zero-order valence-corrected chi connectivity index (χ0v) is 13.0. The Morgan fingerprint density at radius 3 is 2.62 bits per heavy atom. The van der Waals surface area contributed by atoms with Crippen LogP contribution in [0.25, 0.3) is 0 Å². The molecule has 0 spiro atoms. The maximum Gasteiger partial charge on any atom is 0.123 e. The maximum absolute atomic E-state index is 13.3. The van der Waals surface area contributed by atoms with Gasteiger partial charge < -0.3 is 5.32 Å². The number of halogens is 1. The van der Waals surface area contributed by atoms with E-state index in [0.29, 0.717) is 0 Å². The molecule has 1 fully saturated rings. The molecular formula is C18H20FNS. The summed E-state index contributed by atoms with van der Waals surface area (Å²) in [7, 11) is 0. The van der Waals surface area contributed by atoms with E-state index in [4.69, 9.17) is 0 Å². The average Bonchev–Trinajstić information content (AvgIpc) is 3.31. The molecule has 0 radical (unpaired) electrons. The van der Waals surface area contributed by atoms with Gasteiger partial charge in [-0.1, -0.05) is 18.2 Å². The number of thioether (sulfide) groups is 1. The molecule has 3 heteroatoms. The Morgan fingerprint density at radius 1 is 1.14 bits per heavy atom. The molecule has 1 aliphatic rings. The fourth-order valence-corrected chi connectivity index (χ4v) is 3.17. The Hall–Kier alpha value is -1.32. The van der Waals surface area contributed by atoms with Crippen molar-refractivity contribution in [3.05, 3.63) is 65.0 Å². The Morgan fingerprint density at radius 2 is 1.90 bits per heavy atom. The van der Waals surface area contributed by atoms with Crippen LogP contribution < -0.4 is 5.32 Å². The fourth-order valence-electron chi connectivity index (χ4n) is 2.21. The minimum Gasteiger partial charge on any atom is -0.310 e. The van der Waals surface area contributed by atoms with E-state index in [0.717, 1.165) is 29.5 Å². The van der Waals surface area contributed by atoms with Crippen molar-refractivity contribution in [3.63, 3.8) is 0 Å². The van der Waals surface area contributed by atoms with Crippen LogP contribution in [0.5, 0.6) is 0 Å². The molecule has 0 saturated heterocycles. The normalized spacial score (nSPS) is 14.4. The summed E-state index contributed by atoms with van der Waals surface area (Å²) in [5, 5.41) is 3.52. The van der Waals surface area contributed by atoms with Crippen LogP contribution in [0, 0.1) is 12.7 Å². The number of nitrogens with one attached hydrogen (secondary N) is 1. The Labute approximate surface area is 130 Å². The molecule has 1 nitrogen and oxygen atoms in total. The molecule has 21 heavy (non-hydrogen) atoms. The summed E-state index contributed by atoms with van der Waals surface area (Å²) in [6.07, 6.45) is 2.64. The minimum atomic E-state index is -0.155. The quantitative estimate of drug-likeness (QED) is 0.778. The summed E-state index contributed by atoms with van der Waals surface area (Å²) >= 11 is 1.75. The molecular weight excluding hydrogens is 281 g/mol. The first-order valence-electron chi connectivity index (χ1n) is 7.41. The topological polar surface area (TPSA) is 12.0 Å². The van der Waals surface area contributed by atoms with Gasteiger partial charge in [-0.2, -0.15) is 0 Å². The second-order valence-corrected chi connectivity index (χ2v) is 6.71. The summed E-state index contributed by atoms with van der Waals surface area (Å²) in [5.41, 5.74) is 3.54. The van der Waals surface area contributed by atoms with Crippen LogP contribution in [-0.4, -0.2) is 6.04 Å². The van der Waals surface area contributed by atoms with E-state index < -0.39 is 0 Å². The van der Waals surface area contributed by atoms with E-state index in [2.05, 4.69) is 29.6 Å². The third-order valence-electron chi connectivity index (χ3n) is 3.80. The van der Waals surface area contributed by atoms with E-state index in [1.807, 2.05) is 13.0 Å². The van der Waals surface area contributed by atoms with Gasteiger partial charge >= 0.3 is 0 Å². The summed E-state index contributed by atoms with van der Waals surface area (Å²) < 4.78 is 13.3. The average molecular weight is 301 g/mol. The highest BCUT2D eigenvalue weighted by Gasteiger charge is 2.19. The van der Waals surface area contributed by atoms with Crippen LogP contribution in [0.15, 0.2) is 47.4 Å². The van der Waals surface area contributed by atoms with Crippen molar-refractivity contribution < 1.29 is 4.39 Å². The predicted molar refractivity (Wildman–Crippen MR) is 87.0 cm³/mol. The predicted octanol–water partition coefficient (Wildman–Crippen LogP) is 4.68. The van der Waals surface area contributed by atoms with Gasteiger partial charge in [-0.3, -0.25) is 0 Å². The van der Waals surface area contributed by atoms with Crippen molar-refractivity contribution >= 4 is 11.8 Å². The SMILES string of the molecule is Cc1ccc(F)cc1CSc1ccc(CNC2CC2)cc1. The van der Waals surface area contributed by atoms with E-state index in [9.17, 15) is 4.39 Å². The van der Waals surface area contributed by atoms with Crippen LogP contribution in [0.2, 0.25) is 0 Å². The molecule has 0 aliphatic heterocycles. The van der Waals surface area contributed by atoms with Crippen molar-refractivity contribution in [1.82, 2.24) is 5.32 Å². The first-order valence-corrected chi connectivity index (χ1v) is 8.39. The van der Waals surface area contributed by atoms with Crippen molar-refractivity contribution in [2.75, 3.05) is 0 Å². The number of aryl methyl sites for hydroxylation is 1. The Bertz CT molecular complexity index is 605. The van der Waals surface area contributed by atoms with Crippen molar-refractivity contribution in [3.8, 4) is 0 Å². The van der Waals surface area contributed by atoms with E-state index >= 15 is 0 Å². The summed E-state index contributed by atoms with van der Waals surface area (Å²) in [6, 6.07) is 14.4. The van der Waals surface area contributed by atoms with Gasteiger partial charge in [0.15, 0.2) is 0 Å². The molecule has 0 atom stereocenters. The molecule has 0 aromatic heterocycles. The first-order chi connectivity index (χ1) is 10.2. The van der Waals surface area contributed by atoms with Crippen LogP contribution in [0.4, 0.5) is 4.39 Å². The number of hydrogen-bond acceptors (Lipinski definition) is 2. The molecule has 0 unspecified atom stereocenters. The fraction of sp³-hybridized carbons (Fsp3) is 0.333. The smallest absolute Gasteiger partial charge is 0.123 e. The van der Waals surface area contributed by atoms with Gasteiger partial charge in [0.25, 0.3) is 0 Å². The lowest BCUT2D eigenvalue weighted by molar-refractivity contribution is 0.626. The van der Waals surface area contributed by atoms with Crippen molar-refractivity contribution in [2.24, 2.45) is 0 Å². The maximum atomic E-state index is 13.3. The van der Waals surface area contributed by atoms with Gasteiger partial charge in [-0.15, -0.1) is 11.8 Å². The van der Waals surface area contributed by atoms with E-state index in [-0.39, 0.29) is 5.82 Å². The van der Waals surface area contributed by atoms with Crippen LogP contribution in [0.1, 0.15) is 29.5 Å². The molecule has 0 heterocycles. The molecule has 2 aromatic rings. The summed E-state index contributed by atoms with van der Waals surface area (Å²) in [6.45, 7) is 2.99. The van der Waals surface area contributed by atoms with Gasteiger partial charge in [0.1, 0.15) is 5.82 Å². The van der Waals surface area contributed by atoms with Gasteiger partial charge in [0.2, 0.25) is 0 Å². The Balaban J connectivity index is 1.55. The second-order valence-electron chi connectivity index (χ2n) is 5.66. The van der Waals surface area contributed by atoms with Gasteiger partial charge in [-0.05, 0) is 60.7 Å². The monoisotopic (exact) mass is 301 g/mol. The standard InChI is InChI=1S/C18H20FNS/c1-13-2-5-16(19)10-15(13)12-21-18-8-3-14(4-9-18)11-20-17-6-7-17/h2-5,8-10,17,20H,6-7,11-12H2,1H3. The molecule has 0 amide bonds. The lowest BCUT2D eigenvalue weighted by Crippen LogP contribution is -2.14. The summed E-state index contributed by atoms with van der Waals surface area (Å²) in [4.78, 5) is 1.23. The molecule has 1 aliphatic carbocycles. The molecule has 2 aromatic carbocycles. The van der Waals surface area contributed by atoms with Gasteiger partial charge in [-0.25, -0.2) is 4.39 Å². The third kappa shape index (κ3) is 4.32. The highest BCUT2D eigenvalue weighted by Crippen LogP contribution is 2.25. The lowest BCUT2D eigenvalue weighted by Gasteiger charge is -2.07. The van der Waals surface area contributed by atoms with Crippen molar-refractivity contribution in [1.29, 1.82) is 0 Å². The third-order valence-corrected chi connectivity index (χ3v) is 4.86. The van der Waals surface area contributed by atoms with Crippen LogP contribution in [0.3, 0.4) is 0 Å². The van der Waals surface area contributed by atoms with Gasteiger partial charge in [0, 0.05) is 23.2 Å². The van der Waals surface area contributed by atoms with E-state index in [1.54, 1.807) is 17.8 Å². The minimum absolute atomic E-state index is 0.155. The zero-order chi connectivity index (χ0) is 14.7. The second kappa shape index (κ2) is 6.63. The summed E-state index contributed by atoms with van der Waals surface area (Å²) in [5.74, 6) is 0.654. The Kier molecular flexibility index (Phi) is 4.61. The van der Waals surface area contributed by atoms with E-state index in [1.165, 1.54) is 29.4 Å². The van der Waals surface area contributed by atoms with Crippen molar-refractivity contribution in [2.45, 2.75) is 43.0 Å². The lowest BCUT2D eigenvalue weighted by atomic mass is 10.1. The number of rotatable bonds is 6. The highest BCUT2D eigenvalue weighted by molar-refractivity contribution is 7.98.